The van der Waals surface area contributed by atoms with Crippen molar-refractivity contribution in [2.45, 2.75) is 52.3 Å². The Kier molecular flexibility index (Phi) is 10.7. The van der Waals surface area contributed by atoms with Crippen molar-refractivity contribution in [3.8, 4) is 0 Å². The minimum Gasteiger partial charge on any atom is -0.316 e. The van der Waals surface area contributed by atoms with E-state index in [1.54, 1.807) is 0 Å². The van der Waals surface area contributed by atoms with Crippen LogP contribution in [0.15, 0.2) is 0 Å². The van der Waals surface area contributed by atoms with Gasteiger partial charge in [-0.05, 0) is 57.2 Å². The first-order valence-corrected chi connectivity index (χ1v) is 9.73. The first-order chi connectivity index (χ1) is 8.77. The Labute approximate surface area is 129 Å². The highest BCUT2D eigenvalue weighted by Gasteiger charge is 2.13. The molecule has 0 radical (unpaired) electrons. The number of hydrogen-bond donors (Lipinski definition) is 2. The van der Waals surface area contributed by atoms with Gasteiger partial charge in [0.05, 0.1) is 4.87 Å². The highest BCUT2D eigenvalue weighted by molar-refractivity contribution is 7.99. The molecule has 0 unspecified atom stereocenters. The van der Waals surface area contributed by atoms with Gasteiger partial charge in [0, 0.05) is 12.3 Å². The zero-order valence-electron chi connectivity index (χ0n) is 13.8. The molecular weight excluding hydrogens is 272 g/mol. The largest absolute Gasteiger partial charge is 0.316 e. The summed E-state index contributed by atoms with van der Waals surface area (Å²) >= 11 is 3.94. The van der Waals surface area contributed by atoms with Gasteiger partial charge in [-0.2, -0.15) is 11.8 Å². The maximum atomic E-state index is 3.55. The number of thioether (sulfide) groups is 2. The Balaban J connectivity index is 3.20. The summed E-state index contributed by atoms with van der Waals surface area (Å²) in [4.78, 5) is 0.211. The summed E-state index contributed by atoms with van der Waals surface area (Å²) in [5.41, 5.74) is 0.482. The molecule has 0 aromatic heterocycles. The standard InChI is InChI=1S/C15H34N2S2/c1-14(2,3)8-12-19-13-11-16-9-7-10-17-15(4,5)18-6/h16-17H,7-13H2,1-6H3. The second-order valence-electron chi connectivity index (χ2n) is 6.67. The Bertz CT molecular complexity index is 213. The van der Waals surface area contributed by atoms with Crippen LogP contribution in [-0.2, 0) is 0 Å². The van der Waals surface area contributed by atoms with Crippen LogP contribution in [0.4, 0.5) is 0 Å². The monoisotopic (exact) mass is 306 g/mol. The summed E-state index contributed by atoms with van der Waals surface area (Å²) in [6.45, 7) is 14.8. The molecule has 0 spiro atoms. The lowest BCUT2D eigenvalue weighted by molar-refractivity contribution is 0.401. The number of rotatable bonds is 11. The van der Waals surface area contributed by atoms with Crippen LogP contribution in [0.25, 0.3) is 0 Å². The molecule has 0 aliphatic heterocycles. The van der Waals surface area contributed by atoms with Gasteiger partial charge in [-0.3, -0.25) is 0 Å². The molecule has 0 atom stereocenters. The summed E-state index contributed by atoms with van der Waals surface area (Å²) in [5.74, 6) is 2.52. The molecule has 0 saturated carbocycles. The second-order valence-corrected chi connectivity index (χ2v) is 9.32. The van der Waals surface area contributed by atoms with Gasteiger partial charge in [-0.1, -0.05) is 20.8 Å². The van der Waals surface area contributed by atoms with Gasteiger partial charge in [0.25, 0.3) is 0 Å². The minimum atomic E-state index is 0.211. The quantitative estimate of drug-likeness (QED) is 0.447. The third-order valence-corrected chi connectivity index (χ3v) is 5.16. The molecular formula is C15H34N2S2. The molecule has 0 aliphatic carbocycles. The van der Waals surface area contributed by atoms with Gasteiger partial charge < -0.3 is 10.6 Å². The van der Waals surface area contributed by atoms with Crippen molar-refractivity contribution in [1.29, 1.82) is 0 Å². The van der Waals surface area contributed by atoms with Crippen LogP contribution in [0, 0.1) is 5.41 Å². The van der Waals surface area contributed by atoms with Crippen molar-refractivity contribution in [1.82, 2.24) is 10.6 Å². The normalized spacial score (nSPS) is 12.9. The molecule has 116 valence electrons. The van der Waals surface area contributed by atoms with E-state index in [-0.39, 0.29) is 4.87 Å². The summed E-state index contributed by atoms with van der Waals surface area (Å²) in [6, 6.07) is 0. The highest BCUT2D eigenvalue weighted by Crippen LogP contribution is 2.21. The van der Waals surface area contributed by atoms with Crippen LogP contribution in [0.1, 0.15) is 47.5 Å². The number of nitrogens with one attached hydrogen (secondary N) is 2. The second kappa shape index (κ2) is 10.4. The third-order valence-electron chi connectivity index (χ3n) is 3.01. The van der Waals surface area contributed by atoms with Gasteiger partial charge >= 0.3 is 0 Å². The lowest BCUT2D eigenvalue weighted by Gasteiger charge is -2.23. The van der Waals surface area contributed by atoms with Crippen molar-refractivity contribution in [2.75, 3.05) is 37.4 Å². The minimum absolute atomic E-state index is 0.211. The summed E-state index contributed by atoms with van der Waals surface area (Å²) in [7, 11) is 0. The van der Waals surface area contributed by atoms with Crippen molar-refractivity contribution < 1.29 is 0 Å². The van der Waals surface area contributed by atoms with Crippen LogP contribution in [0.3, 0.4) is 0 Å². The molecule has 19 heavy (non-hydrogen) atoms. The molecule has 0 heterocycles. The fourth-order valence-corrected chi connectivity index (χ4v) is 2.92. The zero-order chi connectivity index (χ0) is 14.8. The van der Waals surface area contributed by atoms with Crippen molar-refractivity contribution >= 4 is 23.5 Å². The van der Waals surface area contributed by atoms with Crippen LogP contribution in [-0.4, -0.2) is 42.3 Å². The Hall–Kier alpha value is 0.620. The van der Waals surface area contributed by atoms with Crippen LogP contribution in [0.5, 0.6) is 0 Å². The van der Waals surface area contributed by atoms with E-state index < -0.39 is 0 Å². The molecule has 0 aromatic rings. The van der Waals surface area contributed by atoms with E-state index in [0.29, 0.717) is 5.41 Å². The zero-order valence-corrected chi connectivity index (χ0v) is 15.4. The van der Waals surface area contributed by atoms with Crippen molar-refractivity contribution in [3.05, 3.63) is 0 Å². The van der Waals surface area contributed by atoms with Crippen LogP contribution < -0.4 is 10.6 Å². The molecule has 2 nitrogen and oxygen atoms in total. The SMILES string of the molecule is CSC(C)(C)NCCCNCCSCCC(C)(C)C. The van der Waals surface area contributed by atoms with Crippen molar-refractivity contribution in [3.63, 3.8) is 0 Å². The summed E-state index contributed by atoms with van der Waals surface area (Å²) < 4.78 is 0. The maximum Gasteiger partial charge on any atom is 0.0585 e. The average Bonchev–Trinajstić information content (AvgIpc) is 2.30. The summed E-state index contributed by atoms with van der Waals surface area (Å²) in [6.07, 6.45) is 4.67. The molecule has 0 bridgehead atoms. The first-order valence-electron chi connectivity index (χ1n) is 7.35. The van der Waals surface area contributed by atoms with Gasteiger partial charge in [-0.25, -0.2) is 0 Å². The Morgan fingerprint density at radius 3 is 2.16 bits per heavy atom. The van der Waals surface area contributed by atoms with E-state index in [0.717, 1.165) is 19.6 Å². The molecule has 0 aliphatic rings. The molecule has 0 saturated heterocycles. The van der Waals surface area contributed by atoms with E-state index in [1.165, 1.54) is 24.3 Å². The van der Waals surface area contributed by atoms with Gasteiger partial charge in [0.2, 0.25) is 0 Å². The topological polar surface area (TPSA) is 24.1 Å². The Morgan fingerprint density at radius 2 is 1.58 bits per heavy atom. The molecule has 0 amide bonds. The predicted molar refractivity (Wildman–Crippen MR) is 94.5 cm³/mol. The molecule has 4 heteroatoms. The van der Waals surface area contributed by atoms with Gasteiger partial charge in [0.15, 0.2) is 0 Å². The van der Waals surface area contributed by atoms with Crippen molar-refractivity contribution in [2.24, 2.45) is 5.41 Å². The first kappa shape index (κ1) is 19.6. The lowest BCUT2D eigenvalue weighted by Crippen LogP contribution is -2.37. The Morgan fingerprint density at radius 1 is 0.895 bits per heavy atom. The fraction of sp³-hybridized carbons (Fsp3) is 1.00. The molecule has 0 aromatic carbocycles. The fourth-order valence-electron chi connectivity index (χ4n) is 1.42. The lowest BCUT2D eigenvalue weighted by atomic mass is 9.94. The van der Waals surface area contributed by atoms with Gasteiger partial charge in [0.1, 0.15) is 0 Å². The maximum absolute atomic E-state index is 3.55. The van der Waals surface area contributed by atoms with Crippen LogP contribution in [0.2, 0.25) is 0 Å². The van der Waals surface area contributed by atoms with Crippen LogP contribution >= 0.6 is 23.5 Å². The highest BCUT2D eigenvalue weighted by atomic mass is 32.2. The molecule has 2 N–H and O–H groups in total. The number of hydrogen-bond acceptors (Lipinski definition) is 4. The average molecular weight is 307 g/mol. The van der Waals surface area contributed by atoms with E-state index >= 15 is 0 Å². The van der Waals surface area contributed by atoms with E-state index in [4.69, 9.17) is 0 Å². The molecule has 0 rings (SSSR count). The van der Waals surface area contributed by atoms with Gasteiger partial charge in [-0.15, -0.1) is 11.8 Å². The van der Waals surface area contributed by atoms with E-state index in [1.807, 2.05) is 11.8 Å². The molecule has 0 fully saturated rings. The summed E-state index contributed by atoms with van der Waals surface area (Å²) in [5, 5.41) is 7.07. The third kappa shape index (κ3) is 14.8. The smallest absolute Gasteiger partial charge is 0.0585 e. The van der Waals surface area contributed by atoms with E-state index in [9.17, 15) is 0 Å². The van der Waals surface area contributed by atoms with E-state index in [2.05, 4.69) is 63.3 Å². The predicted octanol–water partition coefficient (Wildman–Crippen LogP) is 3.82.